The second-order valence-corrected chi connectivity index (χ2v) is 3.40. The molecule has 0 saturated carbocycles. The fourth-order valence-corrected chi connectivity index (χ4v) is 1.37. The molecule has 0 atom stereocenters. The molecule has 0 radical (unpaired) electrons. The quantitative estimate of drug-likeness (QED) is 0.707. The first-order valence-electron chi connectivity index (χ1n) is 4.75. The fraction of sp³-hybridized carbons (Fsp3) is 0.222. The number of nitrogens with zero attached hydrogens (tertiary/aromatic N) is 3. The number of hydrogen-bond acceptors (Lipinski definition) is 5. The molecule has 2 rings (SSSR count). The number of nitrogens with one attached hydrogen (secondary N) is 2. The van der Waals surface area contributed by atoms with Crippen LogP contribution in [0.5, 0.6) is 0 Å². The number of fused-ring (bicyclic) bond motifs is 1. The average molecular weight is 235 g/mol. The van der Waals surface area contributed by atoms with Crippen molar-refractivity contribution < 1.29 is 9.59 Å². The Bertz CT molecular complexity index is 669. The second-order valence-electron chi connectivity index (χ2n) is 3.40. The van der Waals surface area contributed by atoms with Crippen molar-refractivity contribution in [2.45, 2.75) is 13.8 Å². The van der Waals surface area contributed by atoms with Crippen molar-refractivity contribution in [1.29, 1.82) is 0 Å². The third-order valence-corrected chi connectivity index (χ3v) is 2.04. The lowest BCUT2D eigenvalue weighted by atomic mass is 10.5. The Morgan fingerprint density at radius 2 is 2.12 bits per heavy atom. The van der Waals surface area contributed by atoms with E-state index in [0.29, 0.717) is 0 Å². The van der Waals surface area contributed by atoms with Crippen LogP contribution in [0.25, 0.3) is 11.2 Å². The smallest absolute Gasteiger partial charge is 0.280 e. The number of carbonyl (C=O) groups excluding carboxylic acids is 2. The summed E-state index contributed by atoms with van der Waals surface area (Å²) in [6.45, 7) is 2.61. The molecule has 8 heteroatoms. The lowest BCUT2D eigenvalue weighted by Gasteiger charge is -2.01. The van der Waals surface area contributed by atoms with Gasteiger partial charge in [0.15, 0.2) is 11.2 Å². The first-order chi connectivity index (χ1) is 7.99. The van der Waals surface area contributed by atoms with Gasteiger partial charge in [-0.05, 0) is 0 Å². The molecule has 2 aromatic heterocycles. The SMILES string of the molecule is CC(=O)Nc1nc2c(ncn2C(C)=O)c(=O)[nH]1. The summed E-state index contributed by atoms with van der Waals surface area (Å²) in [5.41, 5.74) is -0.349. The molecule has 2 N–H and O–H groups in total. The zero-order valence-corrected chi connectivity index (χ0v) is 9.14. The van der Waals surface area contributed by atoms with Crippen LogP contribution in [0.1, 0.15) is 18.6 Å². The molecule has 2 aromatic rings. The summed E-state index contributed by atoms with van der Waals surface area (Å²) < 4.78 is 1.13. The van der Waals surface area contributed by atoms with Gasteiger partial charge in [-0.3, -0.25) is 29.3 Å². The Labute approximate surface area is 94.7 Å². The predicted molar refractivity (Wildman–Crippen MR) is 58.8 cm³/mol. The second kappa shape index (κ2) is 3.81. The van der Waals surface area contributed by atoms with Crippen LogP contribution < -0.4 is 10.9 Å². The highest BCUT2D eigenvalue weighted by atomic mass is 16.2. The maximum atomic E-state index is 11.6. The Morgan fingerprint density at radius 1 is 1.41 bits per heavy atom. The summed E-state index contributed by atoms with van der Waals surface area (Å²) in [7, 11) is 0. The van der Waals surface area contributed by atoms with Crippen molar-refractivity contribution in [3.05, 3.63) is 16.7 Å². The summed E-state index contributed by atoms with van der Waals surface area (Å²) in [6.07, 6.45) is 1.22. The number of aromatic nitrogens is 4. The molecule has 0 saturated heterocycles. The highest BCUT2D eigenvalue weighted by Crippen LogP contribution is 2.07. The van der Waals surface area contributed by atoms with Gasteiger partial charge in [0.2, 0.25) is 17.8 Å². The van der Waals surface area contributed by atoms with Gasteiger partial charge in [0.1, 0.15) is 6.33 Å². The Morgan fingerprint density at radius 3 is 2.71 bits per heavy atom. The molecule has 0 aromatic carbocycles. The molecule has 1 amide bonds. The monoisotopic (exact) mass is 235 g/mol. The molecule has 88 valence electrons. The summed E-state index contributed by atoms with van der Waals surface area (Å²) in [6, 6.07) is 0. The van der Waals surface area contributed by atoms with Crippen molar-refractivity contribution in [3.8, 4) is 0 Å². The molecule has 0 bridgehead atoms. The van der Waals surface area contributed by atoms with E-state index >= 15 is 0 Å². The zero-order chi connectivity index (χ0) is 12.6. The number of anilines is 1. The molecule has 17 heavy (non-hydrogen) atoms. The van der Waals surface area contributed by atoms with Gasteiger partial charge in [-0.25, -0.2) is 4.98 Å². The summed E-state index contributed by atoms with van der Waals surface area (Å²) >= 11 is 0. The number of imidazole rings is 1. The number of aromatic amines is 1. The predicted octanol–water partition coefficient (Wildman–Crippen LogP) is -0.262. The van der Waals surface area contributed by atoms with Gasteiger partial charge in [0, 0.05) is 13.8 Å². The van der Waals surface area contributed by atoms with Crippen molar-refractivity contribution in [3.63, 3.8) is 0 Å². The van der Waals surface area contributed by atoms with E-state index in [0.717, 1.165) is 4.57 Å². The number of amides is 1. The van der Waals surface area contributed by atoms with Crippen molar-refractivity contribution >= 4 is 28.9 Å². The van der Waals surface area contributed by atoms with E-state index < -0.39 is 5.56 Å². The van der Waals surface area contributed by atoms with Crippen LogP contribution >= 0.6 is 0 Å². The lowest BCUT2D eigenvalue weighted by molar-refractivity contribution is -0.114. The van der Waals surface area contributed by atoms with Gasteiger partial charge >= 0.3 is 0 Å². The molecule has 0 aliphatic carbocycles. The normalized spacial score (nSPS) is 10.5. The highest BCUT2D eigenvalue weighted by molar-refractivity contribution is 5.89. The molecule has 0 aliphatic heterocycles. The van der Waals surface area contributed by atoms with Gasteiger partial charge in [-0.15, -0.1) is 0 Å². The minimum absolute atomic E-state index is 0.0157. The fourth-order valence-electron chi connectivity index (χ4n) is 1.37. The maximum Gasteiger partial charge on any atom is 0.280 e. The van der Waals surface area contributed by atoms with Crippen LogP contribution in [-0.2, 0) is 4.79 Å². The molecule has 8 nitrogen and oxygen atoms in total. The van der Waals surface area contributed by atoms with E-state index in [-0.39, 0.29) is 28.9 Å². The molecular weight excluding hydrogens is 226 g/mol. The van der Waals surface area contributed by atoms with E-state index in [4.69, 9.17) is 0 Å². The van der Waals surface area contributed by atoms with Gasteiger partial charge in [-0.1, -0.05) is 0 Å². The average Bonchev–Trinajstić information content (AvgIpc) is 2.60. The molecule has 0 unspecified atom stereocenters. The van der Waals surface area contributed by atoms with Crippen molar-refractivity contribution in [2.24, 2.45) is 0 Å². The van der Waals surface area contributed by atoms with E-state index in [1.54, 1.807) is 0 Å². The number of hydrogen-bond donors (Lipinski definition) is 2. The van der Waals surface area contributed by atoms with Crippen LogP contribution in [0, 0.1) is 0 Å². The minimum Gasteiger partial charge on any atom is -0.296 e. The number of rotatable bonds is 1. The largest absolute Gasteiger partial charge is 0.296 e. The number of carbonyl (C=O) groups is 2. The lowest BCUT2D eigenvalue weighted by Crippen LogP contribution is -2.17. The Kier molecular flexibility index (Phi) is 2.47. The third-order valence-electron chi connectivity index (χ3n) is 2.04. The van der Waals surface area contributed by atoms with Gasteiger partial charge in [0.25, 0.3) is 5.56 Å². The van der Waals surface area contributed by atoms with E-state index in [2.05, 4.69) is 20.3 Å². The maximum absolute atomic E-state index is 11.6. The zero-order valence-electron chi connectivity index (χ0n) is 9.14. The van der Waals surface area contributed by atoms with Crippen molar-refractivity contribution in [2.75, 3.05) is 5.32 Å². The first-order valence-corrected chi connectivity index (χ1v) is 4.75. The molecule has 2 heterocycles. The van der Waals surface area contributed by atoms with Gasteiger partial charge < -0.3 is 0 Å². The highest BCUT2D eigenvalue weighted by Gasteiger charge is 2.12. The number of H-pyrrole nitrogens is 1. The topological polar surface area (TPSA) is 110 Å². The van der Waals surface area contributed by atoms with Crippen LogP contribution in [0.2, 0.25) is 0 Å². The van der Waals surface area contributed by atoms with Crippen LogP contribution in [0.4, 0.5) is 5.95 Å². The van der Waals surface area contributed by atoms with Gasteiger partial charge in [0.05, 0.1) is 0 Å². The molecular formula is C9H9N5O3. The van der Waals surface area contributed by atoms with E-state index in [9.17, 15) is 14.4 Å². The van der Waals surface area contributed by atoms with E-state index in [1.165, 1.54) is 20.2 Å². The van der Waals surface area contributed by atoms with Crippen LogP contribution in [0.15, 0.2) is 11.1 Å². The Balaban J connectivity index is 2.69. The summed E-state index contributed by atoms with van der Waals surface area (Å²) in [4.78, 5) is 43.8. The van der Waals surface area contributed by atoms with Crippen LogP contribution in [-0.4, -0.2) is 31.3 Å². The summed E-state index contributed by atoms with van der Waals surface area (Å²) in [5, 5.41) is 2.34. The third kappa shape index (κ3) is 1.92. The Hall–Kier alpha value is -2.51. The first kappa shape index (κ1) is 11.0. The standard InChI is InChI=1S/C9H9N5O3/c1-4(15)11-9-12-7-6(8(17)13-9)10-3-14(7)5(2)16/h3H,1-2H3,(H2,11,12,13,15,17). The van der Waals surface area contributed by atoms with Gasteiger partial charge in [-0.2, -0.15) is 4.98 Å². The molecule has 0 spiro atoms. The van der Waals surface area contributed by atoms with Crippen LogP contribution in [0.3, 0.4) is 0 Å². The van der Waals surface area contributed by atoms with Crippen molar-refractivity contribution in [1.82, 2.24) is 19.5 Å². The molecule has 0 fully saturated rings. The van der Waals surface area contributed by atoms with E-state index in [1.807, 2.05) is 0 Å². The summed E-state index contributed by atoms with van der Waals surface area (Å²) in [5.74, 6) is -0.709. The molecule has 0 aliphatic rings. The minimum atomic E-state index is -0.515.